The molecule has 0 radical (unpaired) electrons. The van der Waals surface area contributed by atoms with Gasteiger partial charge in [-0.25, -0.2) is 5.01 Å². The fourth-order valence-electron chi connectivity index (χ4n) is 4.57. The molecule has 1 saturated heterocycles. The van der Waals surface area contributed by atoms with Gasteiger partial charge in [-0.15, -0.1) is 0 Å². The third-order valence-corrected chi connectivity index (χ3v) is 6.33. The molecule has 10 heteroatoms. The van der Waals surface area contributed by atoms with Gasteiger partial charge in [0.2, 0.25) is 0 Å². The summed E-state index contributed by atoms with van der Waals surface area (Å²) in [6.45, 7) is -0.631. The monoisotopic (exact) mass is 465 g/mol. The highest BCUT2D eigenvalue weighted by Gasteiger charge is 2.52. The van der Waals surface area contributed by atoms with E-state index in [9.17, 15) is 29.3 Å². The van der Waals surface area contributed by atoms with Gasteiger partial charge in [0, 0.05) is 11.6 Å². The molecule has 34 heavy (non-hydrogen) atoms. The van der Waals surface area contributed by atoms with Crippen LogP contribution in [0.3, 0.4) is 0 Å². The first kappa shape index (κ1) is 23.1. The molecule has 2 atom stereocenters. The second kappa shape index (κ2) is 9.42. The van der Waals surface area contributed by atoms with Gasteiger partial charge in [-0.05, 0) is 43.2 Å². The van der Waals surface area contributed by atoms with E-state index in [1.165, 1.54) is 37.4 Å². The smallest absolute Gasteiger partial charge is 0.282 e. The minimum atomic E-state index is -0.963. The number of nitrogens with zero attached hydrogens (tertiary/aromatic N) is 3. The summed E-state index contributed by atoms with van der Waals surface area (Å²) in [6, 6.07) is 11.4. The van der Waals surface area contributed by atoms with Gasteiger partial charge in [0.15, 0.2) is 5.78 Å². The number of Topliss-reactive ketones (excluding diaryl/α,β-unsaturated/α-hetero) is 1. The molecule has 176 valence electrons. The third-order valence-electron chi connectivity index (χ3n) is 6.33. The first-order valence-electron chi connectivity index (χ1n) is 10.9. The van der Waals surface area contributed by atoms with Crippen LogP contribution in [-0.2, 0) is 9.59 Å². The molecule has 2 aliphatic rings. The lowest BCUT2D eigenvalue weighted by Crippen LogP contribution is -2.52. The predicted octanol–water partition coefficient (Wildman–Crippen LogP) is 3.02. The van der Waals surface area contributed by atoms with Gasteiger partial charge in [-0.1, -0.05) is 25.0 Å². The van der Waals surface area contributed by atoms with Crippen molar-refractivity contribution in [2.24, 2.45) is 11.8 Å². The zero-order valence-corrected chi connectivity index (χ0v) is 18.5. The quantitative estimate of drug-likeness (QED) is 0.266. The number of methoxy groups -OCH3 is 1. The third kappa shape index (κ3) is 4.14. The maximum atomic E-state index is 13.5. The van der Waals surface area contributed by atoms with E-state index in [4.69, 9.17) is 4.74 Å². The molecule has 1 saturated carbocycles. The zero-order valence-electron chi connectivity index (χ0n) is 18.5. The van der Waals surface area contributed by atoms with Crippen LogP contribution in [0.25, 0.3) is 0 Å². The van der Waals surface area contributed by atoms with E-state index in [1.807, 2.05) is 0 Å². The van der Waals surface area contributed by atoms with Crippen molar-refractivity contribution >= 4 is 29.2 Å². The standard InChI is InChI=1S/C24H23N3O7/c1-34-16-12-10-15(11-13-16)21(28)14-25(22(29)19-8-4-5-9-20(19)27(32)33)26-23(30)17-6-2-3-7-18(17)24(26)31/h4-5,8-13,17-18H,2-3,6-7,14H2,1H3/t17-,18+. The Bertz CT molecular complexity index is 1140. The first-order valence-corrected chi connectivity index (χ1v) is 10.9. The number of hydrogen-bond donors (Lipinski definition) is 0. The fourth-order valence-corrected chi connectivity index (χ4v) is 4.57. The van der Waals surface area contributed by atoms with E-state index in [0.29, 0.717) is 18.6 Å². The van der Waals surface area contributed by atoms with Crippen LogP contribution >= 0.6 is 0 Å². The van der Waals surface area contributed by atoms with Crippen molar-refractivity contribution in [3.05, 3.63) is 69.8 Å². The highest BCUT2D eigenvalue weighted by atomic mass is 16.6. The lowest BCUT2D eigenvalue weighted by Gasteiger charge is -2.30. The molecular weight excluding hydrogens is 442 g/mol. The number of benzene rings is 2. The SMILES string of the molecule is COc1ccc(C(=O)CN(C(=O)c2ccccc2[N+](=O)[O-])N2C(=O)[C@H]3CCCC[C@H]3C2=O)cc1. The fraction of sp³-hybridized carbons (Fsp3) is 0.333. The van der Waals surface area contributed by atoms with E-state index in [0.717, 1.165) is 28.9 Å². The molecule has 0 bridgehead atoms. The molecule has 2 aromatic rings. The van der Waals surface area contributed by atoms with Gasteiger partial charge in [-0.2, -0.15) is 5.01 Å². The topological polar surface area (TPSA) is 127 Å². The Morgan fingerprint density at radius 2 is 1.62 bits per heavy atom. The van der Waals surface area contributed by atoms with Crippen LogP contribution in [0.4, 0.5) is 5.69 Å². The summed E-state index contributed by atoms with van der Waals surface area (Å²) in [5, 5.41) is 13.0. The number of carbonyl (C=O) groups is 4. The number of fused-ring (bicyclic) bond motifs is 1. The summed E-state index contributed by atoms with van der Waals surface area (Å²) < 4.78 is 5.09. The van der Waals surface area contributed by atoms with Crippen LogP contribution in [0.2, 0.25) is 0 Å². The molecule has 1 heterocycles. The number of amides is 3. The highest BCUT2D eigenvalue weighted by molar-refractivity contribution is 6.10. The maximum absolute atomic E-state index is 13.5. The van der Waals surface area contributed by atoms with Gasteiger partial charge in [0.1, 0.15) is 17.9 Å². The van der Waals surface area contributed by atoms with Gasteiger partial charge >= 0.3 is 0 Å². The largest absolute Gasteiger partial charge is 0.497 e. The Labute approximate surface area is 195 Å². The van der Waals surface area contributed by atoms with Crippen molar-refractivity contribution in [3.8, 4) is 5.75 Å². The van der Waals surface area contributed by atoms with Crippen molar-refractivity contribution in [1.82, 2.24) is 10.0 Å². The number of imide groups is 1. The van der Waals surface area contributed by atoms with E-state index in [2.05, 4.69) is 0 Å². The molecule has 2 aromatic carbocycles. The number of nitro groups is 1. The summed E-state index contributed by atoms with van der Waals surface area (Å²) in [5.41, 5.74) is -0.561. The normalized spacial score (nSPS) is 19.5. The van der Waals surface area contributed by atoms with Crippen LogP contribution in [0.15, 0.2) is 48.5 Å². The van der Waals surface area contributed by atoms with Gasteiger partial charge < -0.3 is 4.74 Å². The Balaban J connectivity index is 1.72. The van der Waals surface area contributed by atoms with Gasteiger partial charge in [-0.3, -0.25) is 29.3 Å². The molecule has 0 spiro atoms. The number of ketones is 1. The number of nitro benzene ring substituents is 1. The number of hydrogen-bond acceptors (Lipinski definition) is 7. The van der Waals surface area contributed by atoms with Crippen molar-refractivity contribution in [3.63, 3.8) is 0 Å². The molecule has 1 aliphatic heterocycles. The molecule has 10 nitrogen and oxygen atoms in total. The molecule has 3 amide bonds. The van der Waals surface area contributed by atoms with E-state index < -0.39 is 52.5 Å². The minimum Gasteiger partial charge on any atom is -0.497 e. The molecule has 0 aromatic heterocycles. The Hall–Kier alpha value is -4.08. The van der Waals surface area contributed by atoms with Crippen molar-refractivity contribution in [1.29, 1.82) is 0 Å². The van der Waals surface area contributed by atoms with Crippen molar-refractivity contribution in [2.75, 3.05) is 13.7 Å². The van der Waals surface area contributed by atoms with Crippen LogP contribution in [0.1, 0.15) is 46.4 Å². The molecule has 2 fully saturated rings. The van der Waals surface area contributed by atoms with Crippen LogP contribution in [0, 0.1) is 22.0 Å². The summed E-state index contributed by atoms with van der Waals surface area (Å²) in [4.78, 5) is 63.8. The maximum Gasteiger partial charge on any atom is 0.282 e. The Kier molecular flexibility index (Phi) is 6.40. The average Bonchev–Trinajstić information content (AvgIpc) is 3.12. The first-order chi connectivity index (χ1) is 16.3. The summed E-state index contributed by atoms with van der Waals surface area (Å²) in [5.74, 6) is -3.19. The molecule has 4 rings (SSSR count). The number of ether oxygens (including phenoxy) is 1. The second-order valence-corrected chi connectivity index (χ2v) is 8.27. The van der Waals surface area contributed by atoms with Crippen LogP contribution < -0.4 is 4.74 Å². The molecule has 0 N–H and O–H groups in total. The van der Waals surface area contributed by atoms with Crippen molar-refractivity contribution in [2.45, 2.75) is 25.7 Å². The molecule has 0 unspecified atom stereocenters. The average molecular weight is 465 g/mol. The van der Waals surface area contributed by atoms with E-state index >= 15 is 0 Å². The number of rotatable bonds is 7. The van der Waals surface area contributed by atoms with E-state index in [-0.39, 0.29) is 11.1 Å². The number of para-hydroxylation sites is 1. The molecule has 1 aliphatic carbocycles. The second-order valence-electron chi connectivity index (χ2n) is 8.27. The Morgan fingerprint density at radius 1 is 1.03 bits per heavy atom. The number of carbonyl (C=O) groups excluding carboxylic acids is 4. The lowest BCUT2D eigenvalue weighted by atomic mass is 9.81. The highest BCUT2D eigenvalue weighted by Crippen LogP contribution is 2.39. The van der Waals surface area contributed by atoms with Crippen molar-refractivity contribution < 1.29 is 28.8 Å². The van der Waals surface area contributed by atoms with Gasteiger partial charge in [0.25, 0.3) is 23.4 Å². The Morgan fingerprint density at radius 3 is 2.18 bits per heavy atom. The minimum absolute atomic E-state index is 0.234. The van der Waals surface area contributed by atoms with E-state index in [1.54, 1.807) is 12.1 Å². The van der Waals surface area contributed by atoms with Crippen LogP contribution in [-0.4, -0.2) is 52.1 Å². The summed E-state index contributed by atoms with van der Waals surface area (Å²) in [7, 11) is 1.48. The molecular formula is C24H23N3O7. The van der Waals surface area contributed by atoms with Crippen LogP contribution in [0.5, 0.6) is 5.75 Å². The van der Waals surface area contributed by atoms with Gasteiger partial charge in [0.05, 0.1) is 23.9 Å². The zero-order chi connectivity index (χ0) is 24.4. The number of hydrazine groups is 1. The lowest BCUT2D eigenvalue weighted by molar-refractivity contribution is -0.385. The summed E-state index contributed by atoms with van der Waals surface area (Å²) in [6.07, 6.45) is 2.62. The summed E-state index contributed by atoms with van der Waals surface area (Å²) >= 11 is 0. The predicted molar refractivity (Wildman–Crippen MR) is 119 cm³/mol.